The number of amides is 1. The van der Waals surface area contributed by atoms with Crippen molar-refractivity contribution in [3.8, 4) is 11.8 Å². The summed E-state index contributed by atoms with van der Waals surface area (Å²) in [5, 5.41) is 14.8. The van der Waals surface area contributed by atoms with E-state index >= 15 is 0 Å². The molecule has 1 fully saturated rings. The summed E-state index contributed by atoms with van der Waals surface area (Å²) < 4.78 is 5.25. The molecule has 0 bridgehead atoms. The number of anilines is 1. The lowest BCUT2D eigenvalue weighted by molar-refractivity contribution is -0.126. The van der Waals surface area contributed by atoms with Crippen molar-refractivity contribution in [1.82, 2.24) is 5.32 Å². The van der Waals surface area contributed by atoms with E-state index in [-0.39, 0.29) is 23.8 Å². The van der Waals surface area contributed by atoms with Crippen LogP contribution in [0.5, 0.6) is 5.75 Å². The fourth-order valence-corrected chi connectivity index (χ4v) is 2.69. The van der Waals surface area contributed by atoms with Gasteiger partial charge in [0.2, 0.25) is 5.91 Å². The van der Waals surface area contributed by atoms with E-state index in [1.807, 2.05) is 12.1 Å². The monoisotopic (exact) mass is 287 g/mol. The van der Waals surface area contributed by atoms with E-state index in [9.17, 15) is 4.79 Å². The number of nitrogens with one attached hydrogen (secondary N) is 2. The van der Waals surface area contributed by atoms with Crippen molar-refractivity contribution in [1.29, 1.82) is 5.26 Å². The Bertz CT molecular complexity index is 543. The van der Waals surface area contributed by atoms with Crippen molar-refractivity contribution in [3.05, 3.63) is 24.3 Å². The summed E-state index contributed by atoms with van der Waals surface area (Å²) in [5.41, 5.74) is 0.339. The maximum Gasteiger partial charge on any atom is 0.232 e. The second kappa shape index (κ2) is 6.59. The van der Waals surface area contributed by atoms with Gasteiger partial charge in [-0.2, -0.15) is 5.26 Å². The molecule has 0 radical (unpaired) electrons. The number of nitriles is 1. The molecular weight excluding hydrogens is 266 g/mol. The molecule has 112 valence electrons. The Kier molecular flexibility index (Phi) is 4.81. The summed E-state index contributed by atoms with van der Waals surface area (Å²) in [7, 11) is 0. The molecule has 2 N–H and O–H groups in total. The second-order valence-corrected chi connectivity index (χ2v) is 5.67. The fourth-order valence-electron chi connectivity index (χ4n) is 2.69. The molecule has 1 saturated heterocycles. The molecule has 5 nitrogen and oxygen atoms in total. The molecule has 5 heteroatoms. The van der Waals surface area contributed by atoms with Crippen LogP contribution < -0.4 is 15.4 Å². The van der Waals surface area contributed by atoms with Crippen molar-refractivity contribution in [2.75, 3.05) is 25.0 Å². The van der Waals surface area contributed by atoms with Gasteiger partial charge in [0.25, 0.3) is 0 Å². The van der Waals surface area contributed by atoms with Crippen LogP contribution >= 0.6 is 0 Å². The number of carbonyl (C=O) groups excluding carboxylic acids is 1. The number of carbonyl (C=O) groups is 1. The Balaban J connectivity index is 2.10. The molecule has 1 amide bonds. The van der Waals surface area contributed by atoms with Crippen molar-refractivity contribution < 1.29 is 9.53 Å². The molecule has 1 atom stereocenters. The molecule has 1 aliphatic rings. The summed E-state index contributed by atoms with van der Waals surface area (Å²) >= 11 is 0. The highest BCUT2D eigenvalue weighted by Gasteiger charge is 2.43. The van der Waals surface area contributed by atoms with Crippen molar-refractivity contribution in [2.24, 2.45) is 11.3 Å². The van der Waals surface area contributed by atoms with E-state index in [2.05, 4.69) is 24.5 Å². The minimum atomic E-state index is -0.358. The van der Waals surface area contributed by atoms with Crippen LogP contribution in [-0.4, -0.2) is 25.6 Å². The molecule has 1 unspecified atom stereocenters. The number of benzene rings is 1. The molecule has 0 spiro atoms. The maximum atomic E-state index is 12.7. The summed E-state index contributed by atoms with van der Waals surface area (Å²) in [6.07, 6.45) is 0.848. The molecule has 0 aromatic heterocycles. The van der Waals surface area contributed by atoms with Gasteiger partial charge in [0, 0.05) is 18.3 Å². The van der Waals surface area contributed by atoms with Gasteiger partial charge in [-0.1, -0.05) is 19.9 Å². The van der Waals surface area contributed by atoms with Gasteiger partial charge in [-0.3, -0.25) is 4.79 Å². The zero-order chi connectivity index (χ0) is 15.3. The van der Waals surface area contributed by atoms with Crippen LogP contribution in [-0.2, 0) is 4.79 Å². The van der Waals surface area contributed by atoms with Crippen LogP contribution in [0.3, 0.4) is 0 Å². The molecule has 1 aromatic rings. The van der Waals surface area contributed by atoms with Gasteiger partial charge in [-0.25, -0.2) is 0 Å². The Morgan fingerprint density at radius 2 is 2.38 bits per heavy atom. The lowest BCUT2D eigenvalue weighted by atomic mass is 9.75. The fraction of sp³-hybridized carbons (Fsp3) is 0.500. The molecule has 1 heterocycles. The summed E-state index contributed by atoms with van der Waals surface area (Å²) in [6, 6.07) is 9.06. The highest BCUT2D eigenvalue weighted by molar-refractivity contribution is 5.96. The van der Waals surface area contributed by atoms with Crippen LogP contribution in [0.2, 0.25) is 0 Å². The number of ether oxygens (including phenoxy) is 1. The number of rotatable bonds is 5. The molecule has 2 rings (SSSR count). The van der Waals surface area contributed by atoms with Crippen LogP contribution in [0, 0.1) is 22.7 Å². The third kappa shape index (κ3) is 3.34. The maximum absolute atomic E-state index is 12.7. The molecule has 0 aliphatic carbocycles. The largest absolute Gasteiger partial charge is 0.479 e. The van der Waals surface area contributed by atoms with Gasteiger partial charge in [-0.15, -0.1) is 0 Å². The average molecular weight is 287 g/mol. The first-order valence-electron chi connectivity index (χ1n) is 7.20. The van der Waals surface area contributed by atoms with Crippen LogP contribution in [0.1, 0.15) is 20.3 Å². The first kappa shape index (κ1) is 15.3. The summed E-state index contributed by atoms with van der Waals surface area (Å²) in [6.45, 7) is 5.74. The van der Waals surface area contributed by atoms with Crippen LogP contribution in [0.25, 0.3) is 0 Å². The lowest BCUT2D eigenvalue weighted by Gasteiger charge is -2.31. The Labute approximate surface area is 125 Å². The topological polar surface area (TPSA) is 74.1 Å². The second-order valence-electron chi connectivity index (χ2n) is 5.67. The Morgan fingerprint density at radius 3 is 3.00 bits per heavy atom. The molecule has 0 saturated carbocycles. The van der Waals surface area contributed by atoms with Gasteiger partial charge in [0.15, 0.2) is 6.61 Å². The molecule has 1 aliphatic heterocycles. The first-order chi connectivity index (χ1) is 10.1. The summed E-state index contributed by atoms with van der Waals surface area (Å²) in [5.74, 6) is 0.892. The van der Waals surface area contributed by atoms with E-state index in [0.29, 0.717) is 18.0 Å². The Hall–Kier alpha value is -2.06. The zero-order valence-corrected chi connectivity index (χ0v) is 12.5. The number of hydrogen-bond donors (Lipinski definition) is 2. The quantitative estimate of drug-likeness (QED) is 0.870. The molecular formula is C16H21N3O2. The highest BCUT2D eigenvalue weighted by atomic mass is 16.5. The van der Waals surface area contributed by atoms with Gasteiger partial charge < -0.3 is 15.4 Å². The van der Waals surface area contributed by atoms with Crippen molar-refractivity contribution >= 4 is 11.6 Å². The lowest BCUT2D eigenvalue weighted by Crippen LogP contribution is -2.42. The summed E-state index contributed by atoms with van der Waals surface area (Å²) in [4.78, 5) is 12.7. The predicted octanol–water partition coefficient (Wildman–Crippen LogP) is 2.16. The third-order valence-electron chi connectivity index (χ3n) is 4.14. The number of hydrogen-bond acceptors (Lipinski definition) is 4. The third-order valence-corrected chi connectivity index (χ3v) is 4.14. The van der Waals surface area contributed by atoms with Gasteiger partial charge in [0.05, 0.1) is 5.41 Å². The molecule has 1 aromatic carbocycles. The average Bonchev–Trinajstić information content (AvgIpc) is 2.96. The van der Waals surface area contributed by atoms with Crippen molar-refractivity contribution in [3.63, 3.8) is 0 Å². The van der Waals surface area contributed by atoms with Crippen molar-refractivity contribution in [2.45, 2.75) is 20.3 Å². The molecule has 21 heavy (non-hydrogen) atoms. The smallest absolute Gasteiger partial charge is 0.232 e. The van der Waals surface area contributed by atoms with Crippen LogP contribution in [0.4, 0.5) is 5.69 Å². The van der Waals surface area contributed by atoms with E-state index in [1.54, 1.807) is 18.2 Å². The first-order valence-corrected chi connectivity index (χ1v) is 7.20. The van der Waals surface area contributed by atoms with Gasteiger partial charge in [0.1, 0.15) is 11.8 Å². The van der Waals surface area contributed by atoms with Crippen LogP contribution in [0.15, 0.2) is 24.3 Å². The predicted molar refractivity (Wildman–Crippen MR) is 80.9 cm³/mol. The van der Waals surface area contributed by atoms with E-state index in [0.717, 1.165) is 13.0 Å². The minimum absolute atomic E-state index is 0.00273. The number of nitrogens with zero attached hydrogens (tertiary/aromatic N) is 1. The standard InChI is InChI=1S/C16H21N3O2/c1-12(2)16(6-8-18-11-16)15(20)19-13-4-3-5-14(10-13)21-9-7-17/h3-5,10,12,18H,6,8-9,11H2,1-2H3,(H,19,20). The zero-order valence-electron chi connectivity index (χ0n) is 12.5. The van der Waals surface area contributed by atoms with E-state index < -0.39 is 0 Å². The normalized spacial score (nSPS) is 21.0. The Morgan fingerprint density at radius 1 is 1.57 bits per heavy atom. The van der Waals surface area contributed by atoms with Gasteiger partial charge in [-0.05, 0) is 31.0 Å². The highest BCUT2D eigenvalue weighted by Crippen LogP contribution is 2.35. The van der Waals surface area contributed by atoms with E-state index in [4.69, 9.17) is 10.00 Å². The van der Waals surface area contributed by atoms with Gasteiger partial charge >= 0.3 is 0 Å². The SMILES string of the molecule is CC(C)C1(C(=O)Nc2cccc(OCC#N)c2)CCNC1. The minimum Gasteiger partial charge on any atom is -0.479 e. The van der Waals surface area contributed by atoms with E-state index in [1.165, 1.54) is 0 Å².